The van der Waals surface area contributed by atoms with Crippen molar-refractivity contribution in [3.8, 4) is 0 Å². The van der Waals surface area contributed by atoms with Gasteiger partial charge in [0.2, 0.25) is 0 Å². The van der Waals surface area contributed by atoms with Crippen LogP contribution in [0.4, 0.5) is 5.69 Å². The number of fused-ring (bicyclic) bond motifs is 1. The lowest BCUT2D eigenvalue weighted by Gasteiger charge is -2.13. The van der Waals surface area contributed by atoms with Crippen molar-refractivity contribution in [2.75, 3.05) is 25.5 Å². The zero-order chi connectivity index (χ0) is 11.7. The van der Waals surface area contributed by atoms with Crippen molar-refractivity contribution >= 4 is 22.2 Å². The van der Waals surface area contributed by atoms with Gasteiger partial charge in [-0.2, -0.15) is 0 Å². The molecule has 1 aliphatic rings. The first-order valence-corrected chi connectivity index (χ1v) is 6.07. The highest BCUT2D eigenvalue weighted by atomic mass is 14.9. The number of hydrogen-bond donors (Lipinski definition) is 3. The van der Waals surface area contributed by atoms with Gasteiger partial charge < -0.3 is 15.6 Å². The van der Waals surface area contributed by atoms with Crippen LogP contribution >= 0.6 is 0 Å². The van der Waals surface area contributed by atoms with E-state index in [4.69, 9.17) is 0 Å². The van der Waals surface area contributed by atoms with Crippen molar-refractivity contribution in [1.82, 2.24) is 10.3 Å². The first-order valence-electron chi connectivity index (χ1n) is 6.07. The molecule has 0 atom stereocenters. The topological polar surface area (TPSA) is 39.9 Å². The molecule has 0 spiro atoms. The molecule has 3 heteroatoms. The molecule has 17 heavy (non-hydrogen) atoms. The number of rotatable bonds is 2. The maximum atomic E-state index is 3.35. The fourth-order valence-corrected chi connectivity index (χ4v) is 2.41. The fourth-order valence-electron chi connectivity index (χ4n) is 2.41. The first-order chi connectivity index (χ1) is 8.38. The zero-order valence-electron chi connectivity index (χ0n) is 10.0. The van der Waals surface area contributed by atoms with Crippen LogP contribution in [0.2, 0.25) is 0 Å². The molecule has 1 aromatic heterocycles. The molecule has 0 saturated heterocycles. The van der Waals surface area contributed by atoms with Crippen molar-refractivity contribution in [2.45, 2.75) is 6.42 Å². The quantitative estimate of drug-likeness (QED) is 0.738. The van der Waals surface area contributed by atoms with Gasteiger partial charge in [0.05, 0.1) is 0 Å². The van der Waals surface area contributed by atoms with E-state index in [2.05, 4.69) is 46.1 Å². The van der Waals surface area contributed by atoms with Crippen molar-refractivity contribution in [2.24, 2.45) is 0 Å². The Bertz CT molecular complexity index is 566. The van der Waals surface area contributed by atoms with Gasteiger partial charge in [0, 0.05) is 41.9 Å². The summed E-state index contributed by atoms with van der Waals surface area (Å²) < 4.78 is 0. The van der Waals surface area contributed by atoms with Crippen LogP contribution in [-0.2, 0) is 0 Å². The third kappa shape index (κ3) is 1.83. The summed E-state index contributed by atoms with van der Waals surface area (Å²) in [4.78, 5) is 3.35. The predicted octanol–water partition coefficient (Wildman–Crippen LogP) is 2.59. The molecule has 1 aliphatic heterocycles. The van der Waals surface area contributed by atoms with Gasteiger partial charge in [-0.25, -0.2) is 0 Å². The number of aromatic amines is 1. The summed E-state index contributed by atoms with van der Waals surface area (Å²) in [6.45, 7) is 2.05. The summed E-state index contributed by atoms with van der Waals surface area (Å²) in [5.41, 5.74) is 5.16. The van der Waals surface area contributed by atoms with Crippen LogP contribution in [0.1, 0.15) is 12.0 Å². The maximum Gasteiger partial charge on any atom is 0.0461 e. The first kappa shape index (κ1) is 10.4. The average molecular weight is 227 g/mol. The van der Waals surface area contributed by atoms with E-state index in [0.29, 0.717) is 0 Å². The molecular formula is C14H17N3. The highest BCUT2D eigenvalue weighted by molar-refractivity contribution is 5.94. The Hall–Kier alpha value is -1.74. The molecule has 3 rings (SSSR count). The van der Waals surface area contributed by atoms with E-state index in [9.17, 15) is 0 Å². The van der Waals surface area contributed by atoms with Crippen molar-refractivity contribution < 1.29 is 0 Å². The number of hydrogen-bond acceptors (Lipinski definition) is 2. The normalized spacial score (nSPS) is 15.9. The highest BCUT2D eigenvalue weighted by Crippen LogP contribution is 2.29. The summed E-state index contributed by atoms with van der Waals surface area (Å²) in [5.74, 6) is 0. The Kier molecular flexibility index (Phi) is 2.61. The summed E-state index contributed by atoms with van der Waals surface area (Å²) >= 11 is 0. The van der Waals surface area contributed by atoms with Gasteiger partial charge in [-0.1, -0.05) is 6.08 Å². The van der Waals surface area contributed by atoms with Crippen molar-refractivity contribution in [3.63, 3.8) is 0 Å². The largest absolute Gasteiger partial charge is 0.388 e. The lowest BCUT2D eigenvalue weighted by atomic mass is 9.99. The second-order valence-electron chi connectivity index (χ2n) is 4.40. The van der Waals surface area contributed by atoms with E-state index in [1.807, 2.05) is 7.05 Å². The minimum absolute atomic E-state index is 0.980. The molecule has 0 fully saturated rings. The SMILES string of the molecule is CNc1ccc2[nH]cc(C3=CCNCC3)c2c1. The van der Waals surface area contributed by atoms with Gasteiger partial charge in [0.15, 0.2) is 0 Å². The van der Waals surface area contributed by atoms with Gasteiger partial charge >= 0.3 is 0 Å². The lowest BCUT2D eigenvalue weighted by Crippen LogP contribution is -2.19. The molecule has 0 aliphatic carbocycles. The molecule has 0 amide bonds. The van der Waals surface area contributed by atoms with Crippen LogP contribution in [0.15, 0.2) is 30.5 Å². The second kappa shape index (κ2) is 4.26. The Balaban J connectivity index is 2.12. The number of aromatic nitrogens is 1. The standard InChI is InChI=1S/C14H17N3/c1-15-11-2-3-14-12(8-11)13(9-17-14)10-4-6-16-7-5-10/h2-4,8-9,15-17H,5-7H2,1H3. The van der Waals surface area contributed by atoms with Gasteiger partial charge in [-0.3, -0.25) is 0 Å². The molecule has 3 N–H and O–H groups in total. The van der Waals surface area contributed by atoms with E-state index < -0.39 is 0 Å². The van der Waals surface area contributed by atoms with E-state index in [-0.39, 0.29) is 0 Å². The molecular weight excluding hydrogens is 210 g/mol. The molecule has 2 heterocycles. The van der Waals surface area contributed by atoms with Crippen LogP contribution in [0.5, 0.6) is 0 Å². The fraction of sp³-hybridized carbons (Fsp3) is 0.286. The number of anilines is 1. The molecule has 0 saturated carbocycles. The number of benzene rings is 1. The molecule has 1 aromatic carbocycles. The Morgan fingerprint density at radius 1 is 1.29 bits per heavy atom. The van der Waals surface area contributed by atoms with Crippen LogP contribution < -0.4 is 10.6 Å². The van der Waals surface area contributed by atoms with Crippen LogP contribution in [-0.4, -0.2) is 25.1 Å². The predicted molar refractivity (Wildman–Crippen MR) is 73.3 cm³/mol. The van der Waals surface area contributed by atoms with Gasteiger partial charge in [0.1, 0.15) is 0 Å². The van der Waals surface area contributed by atoms with E-state index in [0.717, 1.165) is 25.2 Å². The van der Waals surface area contributed by atoms with Crippen LogP contribution in [0.3, 0.4) is 0 Å². The molecule has 0 unspecified atom stereocenters. The lowest BCUT2D eigenvalue weighted by molar-refractivity contribution is 0.739. The van der Waals surface area contributed by atoms with Crippen molar-refractivity contribution in [1.29, 1.82) is 0 Å². The van der Waals surface area contributed by atoms with E-state index in [1.165, 1.54) is 22.0 Å². The van der Waals surface area contributed by atoms with Crippen LogP contribution in [0.25, 0.3) is 16.5 Å². The smallest absolute Gasteiger partial charge is 0.0461 e. The third-order valence-electron chi connectivity index (χ3n) is 3.38. The summed E-state index contributed by atoms with van der Waals surface area (Å²) in [5, 5.41) is 7.85. The average Bonchev–Trinajstić information content (AvgIpc) is 2.82. The van der Waals surface area contributed by atoms with Gasteiger partial charge in [-0.05, 0) is 36.7 Å². The summed E-state index contributed by atoms with van der Waals surface area (Å²) in [7, 11) is 1.96. The van der Waals surface area contributed by atoms with Crippen LogP contribution in [0, 0.1) is 0 Å². The van der Waals surface area contributed by atoms with E-state index >= 15 is 0 Å². The molecule has 2 aromatic rings. The Morgan fingerprint density at radius 2 is 2.24 bits per heavy atom. The minimum Gasteiger partial charge on any atom is -0.388 e. The van der Waals surface area contributed by atoms with Gasteiger partial charge in [-0.15, -0.1) is 0 Å². The minimum atomic E-state index is 0.980. The molecule has 0 bridgehead atoms. The molecule has 88 valence electrons. The maximum absolute atomic E-state index is 3.35. The zero-order valence-corrected chi connectivity index (χ0v) is 10.0. The summed E-state index contributed by atoms with van der Waals surface area (Å²) in [6.07, 6.45) is 5.52. The number of nitrogens with one attached hydrogen (secondary N) is 3. The Morgan fingerprint density at radius 3 is 3.00 bits per heavy atom. The monoisotopic (exact) mass is 227 g/mol. The van der Waals surface area contributed by atoms with E-state index in [1.54, 1.807) is 0 Å². The number of H-pyrrole nitrogens is 1. The molecule has 3 nitrogen and oxygen atoms in total. The van der Waals surface area contributed by atoms with Crippen molar-refractivity contribution in [3.05, 3.63) is 36.0 Å². The third-order valence-corrected chi connectivity index (χ3v) is 3.38. The second-order valence-corrected chi connectivity index (χ2v) is 4.40. The highest BCUT2D eigenvalue weighted by Gasteiger charge is 2.10. The summed E-state index contributed by atoms with van der Waals surface area (Å²) in [6, 6.07) is 6.44. The van der Waals surface area contributed by atoms with Gasteiger partial charge in [0.25, 0.3) is 0 Å². The Labute approximate surface area is 101 Å². The molecule has 0 radical (unpaired) electrons.